The lowest BCUT2D eigenvalue weighted by atomic mass is 10.0. The lowest BCUT2D eigenvalue weighted by Gasteiger charge is -2.07. The molecule has 2 N–H and O–H groups in total. The van der Waals surface area contributed by atoms with Crippen molar-refractivity contribution in [3.8, 4) is 5.88 Å². The Hall–Kier alpha value is -1.16. The van der Waals surface area contributed by atoms with Crippen molar-refractivity contribution in [3.63, 3.8) is 0 Å². The van der Waals surface area contributed by atoms with Crippen LogP contribution in [0.2, 0.25) is 0 Å². The molecule has 1 aliphatic rings. The molecule has 0 bridgehead atoms. The van der Waals surface area contributed by atoms with Crippen molar-refractivity contribution in [2.24, 2.45) is 0 Å². The van der Waals surface area contributed by atoms with Crippen LogP contribution in [0.3, 0.4) is 0 Å². The van der Waals surface area contributed by atoms with E-state index in [4.69, 9.17) is 0 Å². The molecule has 0 radical (unpaired) electrons. The highest BCUT2D eigenvalue weighted by molar-refractivity contribution is 5.27. The summed E-state index contributed by atoms with van der Waals surface area (Å²) in [6.07, 6.45) is 2.69. The molecule has 1 atom stereocenters. The third-order valence-corrected chi connectivity index (χ3v) is 2.23. The van der Waals surface area contributed by atoms with Gasteiger partial charge in [0.25, 0.3) is 0 Å². The van der Waals surface area contributed by atoms with Crippen LogP contribution in [-0.2, 0) is 0 Å². The molecule has 1 aromatic rings. The third kappa shape index (κ3) is 1.25. The van der Waals surface area contributed by atoms with E-state index in [-0.39, 0.29) is 5.88 Å². The minimum absolute atomic E-state index is 0.0752. The Morgan fingerprint density at radius 2 is 2.50 bits per heavy atom. The second kappa shape index (κ2) is 3.06. The second-order valence-electron chi connectivity index (χ2n) is 3.00. The summed E-state index contributed by atoms with van der Waals surface area (Å²) in [5, 5.41) is 19.8. The number of hydrogen-bond acceptors (Lipinski definition) is 4. The Morgan fingerprint density at radius 1 is 1.58 bits per heavy atom. The maximum atomic E-state index is 9.37. The van der Waals surface area contributed by atoms with Gasteiger partial charge in [-0.2, -0.15) is 5.10 Å². The smallest absolute Gasteiger partial charge is 0.234 e. The largest absolute Gasteiger partial charge is 0.492 e. The molecular formula is C8H11N3O. The number of nitrogens with zero attached hydrogens (tertiary/aromatic N) is 2. The predicted octanol–water partition coefficient (Wildman–Crippen LogP) is 0.259. The molecule has 0 aliphatic carbocycles. The fraction of sp³-hybridized carbons (Fsp3) is 0.500. The van der Waals surface area contributed by atoms with Gasteiger partial charge in [-0.25, -0.2) is 0 Å². The van der Waals surface area contributed by atoms with Crippen LogP contribution in [0.25, 0.3) is 0 Å². The van der Waals surface area contributed by atoms with E-state index in [1.807, 2.05) is 6.07 Å². The van der Waals surface area contributed by atoms with Gasteiger partial charge in [-0.1, -0.05) is 0 Å². The SMILES string of the molecule is Oc1nnccc1C1CCNC1. The zero-order chi connectivity index (χ0) is 8.39. The molecule has 0 aromatic carbocycles. The molecule has 1 saturated heterocycles. The van der Waals surface area contributed by atoms with E-state index >= 15 is 0 Å². The number of aromatic hydroxyl groups is 1. The van der Waals surface area contributed by atoms with Crippen LogP contribution < -0.4 is 5.32 Å². The first kappa shape index (κ1) is 7.49. The quantitative estimate of drug-likeness (QED) is 0.626. The Kier molecular flexibility index (Phi) is 1.91. The molecule has 2 rings (SSSR count). The van der Waals surface area contributed by atoms with E-state index in [2.05, 4.69) is 15.5 Å². The molecule has 1 aromatic heterocycles. The van der Waals surface area contributed by atoms with Crippen molar-refractivity contribution in [1.82, 2.24) is 15.5 Å². The van der Waals surface area contributed by atoms with Gasteiger partial charge in [0.05, 0.1) is 6.20 Å². The zero-order valence-corrected chi connectivity index (χ0v) is 6.70. The normalized spacial score (nSPS) is 22.8. The fourth-order valence-corrected chi connectivity index (χ4v) is 1.57. The summed E-state index contributed by atoms with van der Waals surface area (Å²) in [7, 11) is 0. The van der Waals surface area contributed by atoms with Gasteiger partial charge < -0.3 is 10.4 Å². The summed E-state index contributed by atoms with van der Waals surface area (Å²) in [6, 6.07) is 1.83. The van der Waals surface area contributed by atoms with Crippen molar-refractivity contribution in [2.75, 3.05) is 13.1 Å². The molecule has 64 valence electrons. The number of rotatable bonds is 1. The standard InChI is InChI=1S/C8H11N3O/c12-8-7(2-4-10-11-8)6-1-3-9-5-6/h2,4,6,9H,1,3,5H2,(H,11,12). The van der Waals surface area contributed by atoms with Crippen molar-refractivity contribution in [3.05, 3.63) is 17.8 Å². The highest BCUT2D eigenvalue weighted by Crippen LogP contribution is 2.26. The van der Waals surface area contributed by atoms with Crippen LogP contribution in [0.15, 0.2) is 12.3 Å². The summed E-state index contributed by atoms with van der Waals surface area (Å²) >= 11 is 0. The number of nitrogens with one attached hydrogen (secondary N) is 1. The van der Waals surface area contributed by atoms with E-state index < -0.39 is 0 Å². The van der Waals surface area contributed by atoms with Gasteiger partial charge in [-0.3, -0.25) is 0 Å². The molecule has 2 heterocycles. The molecule has 0 amide bonds. The topological polar surface area (TPSA) is 58.0 Å². The van der Waals surface area contributed by atoms with Crippen molar-refractivity contribution in [1.29, 1.82) is 0 Å². The summed E-state index contributed by atoms with van der Waals surface area (Å²) in [6.45, 7) is 1.95. The molecule has 4 nitrogen and oxygen atoms in total. The average molecular weight is 165 g/mol. The summed E-state index contributed by atoms with van der Waals surface area (Å²) < 4.78 is 0. The van der Waals surface area contributed by atoms with E-state index in [9.17, 15) is 5.11 Å². The minimum atomic E-state index is 0.0752. The van der Waals surface area contributed by atoms with Gasteiger partial charge in [0.1, 0.15) is 0 Å². The summed E-state index contributed by atoms with van der Waals surface area (Å²) in [5.74, 6) is 0.478. The van der Waals surface area contributed by atoms with E-state index in [1.54, 1.807) is 6.20 Å². The van der Waals surface area contributed by atoms with E-state index in [0.717, 1.165) is 25.1 Å². The van der Waals surface area contributed by atoms with Gasteiger partial charge in [-0.05, 0) is 19.0 Å². The maximum Gasteiger partial charge on any atom is 0.234 e. The molecular weight excluding hydrogens is 154 g/mol. The predicted molar refractivity (Wildman–Crippen MR) is 43.9 cm³/mol. The average Bonchev–Trinajstić information content (AvgIpc) is 2.57. The van der Waals surface area contributed by atoms with Crippen LogP contribution >= 0.6 is 0 Å². The van der Waals surface area contributed by atoms with Crippen molar-refractivity contribution in [2.45, 2.75) is 12.3 Å². The Balaban J connectivity index is 2.26. The van der Waals surface area contributed by atoms with Crippen LogP contribution in [0.4, 0.5) is 0 Å². The summed E-state index contributed by atoms with van der Waals surface area (Å²) in [5.41, 5.74) is 0.912. The van der Waals surface area contributed by atoms with Gasteiger partial charge in [0.15, 0.2) is 0 Å². The molecule has 0 saturated carbocycles. The highest BCUT2D eigenvalue weighted by atomic mass is 16.3. The maximum absolute atomic E-state index is 9.37. The van der Waals surface area contributed by atoms with E-state index in [1.165, 1.54) is 0 Å². The van der Waals surface area contributed by atoms with Crippen molar-refractivity contribution < 1.29 is 5.11 Å². The molecule has 12 heavy (non-hydrogen) atoms. The van der Waals surface area contributed by atoms with Gasteiger partial charge in [0, 0.05) is 18.0 Å². The van der Waals surface area contributed by atoms with Crippen LogP contribution in [0.5, 0.6) is 5.88 Å². The third-order valence-electron chi connectivity index (χ3n) is 2.23. The van der Waals surface area contributed by atoms with Crippen LogP contribution in [-0.4, -0.2) is 28.4 Å². The first-order valence-corrected chi connectivity index (χ1v) is 4.09. The molecule has 1 fully saturated rings. The number of hydrogen-bond donors (Lipinski definition) is 2. The lowest BCUT2D eigenvalue weighted by molar-refractivity contribution is 0.432. The van der Waals surface area contributed by atoms with Crippen LogP contribution in [0, 0.1) is 0 Å². The Bertz CT molecular complexity index is 271. The van der Waals surface area contributed by atoms with E-state index in [0.29, 0.717) is 5.92 Å². The molecule has 0 spiro atoms. The first-order chi connectivity index (χ1) is 5.88. The molecule has 1 unspecified atom stereocenters. The zero-order valence-electron chi connectivity index (χ0n) is 6.70. The Morgan fingerprint density at radius 3 is 3.17 bits per heavy atom. The number of aromatic nitrogens is 2. The minimum Gasteiger partial charge on any atom is -0.492 e. The monoisotopic (exact) mass is 165 g/mol. The molecule has 4 heteroatoms. The van der Waals surface area contributed by atoms with Gasteiger partial charge in [0.2, 0.25) is 5.88 Å². The van der Waals surface area contributed by atoms with Crippen LogP contribution in [0.1, 0.15) is 17.9 Å². The first-order valence-electron chi connectivity index (χ1n) is 4.09. The second-order valence-corrected chi connectivity index (χ2v) is 3.00. The van der Waals surface area contributed by atoms with Gasteiger partial charge in [-0.15, -0.1) is 5.10 Å². The highest BCUT2D eigenvalue weighted by Gasteiger charge is 2.19. The lowest BCUT2D eigenvalue weighted by Crippen LogP contribution is -2.08. The Labute approximate surface area is 70.6 Å². The van der Waals surface area contributed by atoms with Crippen molar-refractivity contribution >= 4 is 0 Å². The molecule has 1 aliphatic heterocycles. The fourth-order valence-electron chi connectivity index (χ4n) is 1.57. The summed E-state index contributed by atoms with van der Waals surface area (Å²) in [4.78, 5) is 0. The van der Waals surface area contributed by atoms with Gasteiger partial charge >= 0.3 is 0 Å².